The molecule has 0 saturated carbocycles. The summed E-state index contributed by atoms with van der Waals surface area (Å²) in [6.45, 7) is 6.49. The van der Waals surface area contributed by atoms with Crippen molar-refractivity contribution < 1.29 is 0 Å². The van der Waals surface area contributed by atoms with Gasteiger partial charge in [-0.15, -0.1) is 0 Å². The van der Waals surface area contributed by atoms with Gasteiger partial charge in [-0.3, -0.25) is 0 Å². The Bertz CT molecular complexity index is 316. The molecule has 0 spiro atoms. The van der Waals surface area contributed by atoms with E-state index >= 15 is 0 Å². The first-order valence-electron chi connectivity index (χ1n) is 5.20. The van der Waals surface area contributed by atoms with Crippen LogP contribution < -0.4 is 0 Å². The molecule has 0 amide bonds. The van der Waals surface area contributed by atoms with Gasteiger partial charge in [-0.2, -0.15) is 0 Å². The van der Waals surface area contributed by atoms with Crippen LogP contribution in [-0.4, -0.2) is 4.98 Å². The van der Waals surface area contributed by atoms with Crippen molar-refractivity contribution in [3.05, 3.63) is 35.7 Å². The van der Waals surface area contributed by atoms with Gasteiger partial charge in [0, 0.05) is 11.9 Å². The lowest BCUT2D eigenvalue weighted by atomic mass is 10.1. The standard InChI is InChI=1S/C13H19N/c1-4-6-12-9-10-14-13(12)8-5-7-11(2)3/h4-6,8-11,14H,7H2,1-3H3/b6-4-,8-5-. The van der Waals surface area contributed by atoms with Crippen LogP contribution in [0.2, 0.25) is 0 Å². The van der Waals surface area contributed by atoms with E-state index in [0.29, 0.717) is 0 Å². The summed E-state index contributed by atoms with van der Waals surface area (Å²) in [5.74, 6) is 0.728. The minimum Gasteiger partial charge on any atom is -0.361 e. The molecule has 0 aliphatic rings. The fraction of sp³-hybridized carbons (Fsp3) is 0.385. The summed E-state index contributed by atoms with van der Waals surface area (Å²) in [5, 5.41) is 0. The minimum absolute atomic E-state index is 0.728. The molecule has 0 atom stereocenters. The van der Waals surface area contributed by atoms with Crippen molar-refractivity contribution in [1.82, 2.24) is 4.98 Å². The highest BCUT2D eigenvalue weighted by Crippen LogP contribution is 2.12. The Morgan fingerprint density at radius 1 is 1.36 bits per heavy atom. The molecule has 1 heteroatoms. The van der Waals surface area contributed by atoms with E-state index in [9.17, 15) is 0 Å². The smallest absolute Gasteiger partial charge is 0.0450 e. The zero-order valence-corrected chi connectivity index (χ0v) is 9.25. The molecule has 0 bridgehead atoms. The summed E-state index contributed by atoms with van der Waals surface area (Å²) in [5.41, 5.74) is 2.45. The van der Waals surface area contributed by atoms with Gasteiger partial charge in [0.15, 0.2) is 0 Å². The fourth-order valence-electron chi connectivity index (χ4n) is 1.32. The van der Waals surface area contributed by atoms with Gasteiger partial charge in [0.25, 0.3) is 0 Å². The van der Waals surface area contributed by atoms with Gasteiger partial charge >= 0.3 is 0 Å². The Morgan fingerprint density at radius 2 is 2.14 bits per heavy atom. The zero-order chi connectivity index (χ0) is 10.4. The molecule has 0 fully saturated rings. The molecule has 0 unspecified atom stereocenters. The number of hydrogen-bond acceptors (Lipinski definition) is 0. The Morgan fingerprint density at radius 3 is 2.79 bits per heavy atom. The summed E-state index contributed by atoms with van der Waals surface area (Å²) >= 11 is 0. The van der Waals surface area contributed by atoms with Crippen molar-refractivity contribution in [2.24, 2.45) is 5.92 Å². The number of aromatic amines is 1. The number of H-pyrrole nitrogens is 1. The van der Waals surface area contributed by atoms with Crippen LogP contribution in [0, 0.1) is 5.92 Å². The number of allylic oxidation sites excluding steroid dienone is 2. The second-order valence-corrected chi connectivity index (χ2v) is 3.88. The van der Waals surface area contributed by atoms with Crippen molar-refractivity contribution in [2.45, 2.75) is 27.2 Å². The van der Waals surface area contributed by atoms with E-state index in [0.717, 1.165) is 12.3 Å². The Hall–Kier alpha value is -1.24. The molecule has 0 aliphatic carbocycles. The first kappa shape index (κ1) is 10.8. The van der Waals surface area contributed by atoms with Crippen LogP contribution >= 0.6 is 0 Å². The lowest BCUT2D eigenvalue weighted by Crippen LogP contribution is -1.82. The van der Waals surface area contributed by atoms with Crippen LogP contribution in [0.3, 0.4) is 0 Å². The Kier molecular flexibility index (Phi) is 4.24. The van der Waals surface area contributed by atoms with Gasteiger partial charge < -0.3 is 4.98 Å². The third-order valence-corrected chi connectivity index (χ3v) is 2.05. The predicted octanol–water partition coefficient (Wildman–Crippen LogP) is 4.11. The van der Waals surface area contributed by atoms with Crippen LogP contribution in [0.4, 0.5) is 0 Å². The predicted molar refractivity (Wildman–Crippen MR) is 64.0 cm³/mol. The van der Waals surface area contributed by atoms with Gasteiger partial charge in [0.05, 0.1) is 0 Å². The lowest BCUT2D eigenvalue weighted by Gasteiger charge is -1.97. The third kappa shape index (κ3) is 3.25. The SMILES string of the molecule is C/C=C\c1cc[nH]c1/C=C\CC(C)C. The molecule has 0 radical (unpaired) electrons. The molecule has 0 saturated heterocycles. The summed E-state index contributed by atoms with van der Waals surface area (Å²) < 4.78 is 0. The van der Waals surface area contributed by atoms with Crippen LogP contribution in [0.5, 0.6) is 0 Å². The molecule has 14 heavy (non-hydrogen) atoms. The third-order valence-electron chi connectivity index (χ3n) is 2.05. The highest BCUT2D eigenvalue weighted by atomic mass is 14.7. The molecular formula is C13H19N. The van der Waals surface area contributed by atoms with Crippen molar-refractivity contribution in [1.29, 1.82) is 0 Å². The van der Waals surface area contributed by atoms with Gasteiger partial charge in [-0.1, -0.05) is 32.1 Å². The largest absolute Gasteiger partial charge is 0.361 e. The van der Waals surface area contributed by atoms with Gasteiger partial charge in [-0.25, -0.2) is 0 Å². The highest BCUT2D eigenvalue weighted by molar-refractivity contribution is 5.62. The molecule has 1 heterocycles. The van der Waals surface area contributed by atoms with E-state index in [1.165, 1.54) is 11.3 Å². The van der Waals surface area contributed by atoms with Crippen LogP contribution in [0.1, 0.15) is 38.4 Å². The number of aromatic nitrogens is 1. The topological polar surface area (TPSA) is 15.8 Å². The van der Waals surface area contributed by atoms with E-state index in [2.05, 4.69) is 49.2 Å². The molecule has 1 rings (SSSR count). The lowest BCUT2D eigenvalue weighted by molar-refractivity contribution is 0.665. The summed E-state index contributed by atoms with van der Waals surface area (Å²) in [6.07, 6.45) is 11.7. The zero-order valence-electron chi connectivity index (χ0n) is 9.25. The maximum Gasteiger partial charge on any atom is 0.0450 e. The van der Waals surface area contributed by atoms with Gasteiger partial charge in [0.2, 0.25) is 0 Å². The fourth-order valence-corrected chi connectivity index (χ4v) is 1.32. The van der Waals surface area contributed by atoms with E-state index < -0.39 is 0 Å². The average Bonchev–Trinajstić information content (AvgIpc) is 2.53. The van der Waals surface area contributed by atoms with E-state index in [1.54, 1.807) is 0 Å². The first-order chi connectivity index (χ1) is 6.74. The highest BCUT2D eigenvalue weighted by Gasteiger charge is 1.95. The molecule has 76 valence electrons. The van der Waals surface area contributed by atoms with E-state index in [-0.39, 0.29) is 0 Å². The molecule has 1 aromatic heterocycles. The van der Waals surface area contributed by atoms with Crippen molar-refractivity contribution >= 4 is 12.2 Å². The van der Waals surface area contributed by atoms with E-state index in [1.807, 2.05) is 13.1 Å². The molecule has 1 N–H and O–H groups in total. The monoisotopic (exact) mass is 189 g/mol. The molecule has 1 nitrogen and oxygen atoms in total. The van der Waals surface area contributed by atoms with Crippen molar-refractivity contribution in [2.75, 3.05) is 0 Å². The maximum absolute atomic E-state index is 3.23. The molecule has 0 aromatic carbocycles. The van der Waals surface area contributed by atoms with E-state index in [4.69, 9.17) is 0 Å². The molecule has 0 aliphatic heterocycles. The van der Waals surface area contributed by atoms with Crippen LogP contribution in [0.15, 0.2) is 24.4 Å². The quantitative estimate of drug-likeness (QED) is 0.733. The first-order valence-corrected chi connectivity index (χ1v) is 5.20. The maximum atomic E-state index is 3.23. The second kappa shape index (κ2) is 5.48. The Labute approximate surface area is 86.5 Å². The summed E-state index contributed by atoms with van der Waals surface area (Å²) in [4.78, 5) is 3.23. The van der Waals surface area contributed by atoms with Crippen molar-refractivity contribution in [3.8, 4) is 0 Å². The van der Waals surface area contributed by atoms with Crippen LogP contribution in [-0.2, 0) is 0 Å². The Balaban J connectivity index is 2.66. The van der Waals surface area contributed by atoms with Gasteiger partial charge in [0.1, 0.15) is 0 Å². The molecular weight excluding hydrogens is 170 g/mol. The van der Waals surface area contributed by atoms with Crippen LogP contribution in [0.25, 0.3) is 12.2 Å². The van der Waals surface area contributed by atoms with Crippen molar-refractivity contribution in [3.63, 3.8) is 0 Å². The second-order valence-electron chi connectivity index (χ2n) is 3.88. The number of nitrogens with one attached hydrogen (secondary N) is 1. The number of hydrogen-bond donors (Lipinski definition) is 1. The molecule has 1 aromatic rings. The number of rotatable bonds is 4. The summed E-state index contributed by atoms with van der Waals surface area (Å²) in [7, 11) is 0. The summed E-state index contributed by atoms with van der Waals surface area (Å²) in [6, 6.07) is 2.09. The normalized spacial score (nSPS) is 12.3. The van der Waals surface area contributed by atoms with Gasteiger partial charge in [-0.05, 0) is 37.0 Å². The minimum atomic E-state index is 0.728. The average molecular weight is 189 g/mol.